The van der Waals surface area contributed by atoms with Crippen molar-refractivity contribution >= 4 is 23.0 Å². The Kier molecular flexibility index (Phi) is 5.97. The average molecular weight is 446 g/mol. The summed E-state index contributed by atoms with van der Waals surface area (Å²) in [6.07, 6.45) is 0. The highest BCUT2D eigenvalue weighted by atomic mass is 35.5. The van der Waals surface area contributed by atoms with Crippen molar-refractivity contribution in [2.24, 2.45) is 0 Å². The minimum absolute atomic E-state index is 0.756. The Morgan fingerprint density at radius 2 is 0.970 bits per heavy atom. The number of hydrogen-bond donors (Lipinski definition) is 1. The molecule has 5 aromatic rings. The van der Waals surface area contributed by atoms with Crippen LogP contribution in [0.25, 0.3) is 33.4 Å². The van der Waals surface area contributed by atoms with Crippen LogP contribution in [0.1, 0.15) is 5.56 Å². The second-order valence-electron chi connectivity index (χ2n) is 8.18. The van der Waals surface area contributed by atoms with Gasteiger partial charge in [-0.1, -0.05) is 96.5 Å². The lowest BCUT2D eigenvalue weighted by Gasteiger charge is -2.12. The summed E-state index contributed by atoms with van der Waals surface area (Å²) < 4.78 is 0. The monoisotopic (exact) mass is 445 g/mol. The molecular formula is C31H24ClN. The first kappa shape index (κ1) is 21.1. The van der Waals surface area contributed by atoms with Crippen LogP contribution in [-0.2, 0) is 0 Å². The van der Waals surface area contributed by atoms with Gasteiger partial charge in [-0.15, -0.1) is 0 Å². The Morgan fingerprint density at radius 3 is 1.58 bits per heavy atom. The Morgan fingerprint density at radius 1 is 0.485 bits per heavy atom. The molecular weight excluding hydrogens is 422 g/mol. The van der Waals surface area contributed by atoms with Crippen LogP contribution in [0.4, 0.5) is 11.4 Å². The molecule has 0 aliphatic carbocycles. The molecule has 5 rings (SSSR count). The Balaban J connectivity index is 1.31. The van der Waals surface area contributed by atoms with Crippen molar-refractivity contribution in [1.29, 1.82) is 0 Å². The number of hydrogen-bond acceptors (Lipinski definition) is 1. The third-order valence-electron chi connectivity index (χ3n) is 5.88. The molecule has 5 aromatic carbocycles. The highest BCUT2D eigenvalue weighted by Crippen LogP contribution is 2.30. The molecule has 0 amide bonds. The SMILES string of the molecule is Cc1cc(Nc2ccc(-c3ccccc3)cc2)ccc1-c1ccc(-c2ccc(Cl)cc2)cc1. The quantitative estimate of drug-likeness (QED) is 0.284. The van der Waals surface area contributed by atoms with Crippen molar-refractivity contribution < 1.29 is 0 Å². The molecule has 0 saturated heterocycles. The third kappa shape index (κ3) is 4.84. The summed E-state index contributed by atoms with van der Waals surface area (Å²) in [6.45, 7) is 2.16. The number of benzene rings is 5. The van der Waals surface area contributed by atoms with Crippen LogP contribution in [0.2, 0.25) is 5.02 Å². The van der Waals surface area contributed by atoms with E-state index in [0.717, 1.165) is 16.4 Å². The van der Waals surface area contributed by atoms with Gasteiger partial charge in [0, 0.05) is 16.4 Å². The Labute approximate surface area is 200 Å². The minimum Gasteiger partial charge on any atom is -0.356 e. The van der Waals surface area contributed by atoms with Gasteiger partial charge in [0.2, 0.25) is 0 Å². The summed E-state index contributed by atoms with van der Waals surface area (Å²) in [4.78, 5) is 0. The van der Waals surface area contributed by atoms with Crippen LogP contribution in [0.5, 0.6) is 0 Å². The van der Waals surface area contributed by atoms with Gasteiger partial charge in [-0.05, 0) is 82.3 Å². The van der Waals surface area contributed by atoms with Crippen LogP contribution in [0.3, 0.4) is 0 Å². The van der Waals surface area contributed by atoms with E-state index in [-0.39, 0.29) is 0 Å². The predicted molar refractivity (Wildman–Crippen MR) is 142 cm³/mol. The van der Waals surface area contributed by atoms with E-state index < -0.39 is 0 Å². The molecule has 0 aliphatic rings. The lowest BCUT2D eigenvalue weighted by Crippen LogP contribution is -1.92. The van der Waals surface area contributed by atoms with Crippen molar-refractivity contribution in [2.45, 2.75) is 6.92 Å². The third-order valence-corrected chi connectivity index (χ3v) is 6.13. The molecule has 0 aliphatic heterocycles. The van der Waals surface area contributed by atoms with E-state index in [1.54, 1.807) is 0 Å². The molecule has 0 atom stereocenters. The van der Waals surface area contributed by atoms with Crippen molar-refractivity contribution in [2.75, 3.05) is 5.32 Å². The summed E-state index contributed by atoms with van der Waals surface area (Å²) >= 11 is 6.01. The van der Waals surface area contributed by atoms with Gasteiger partial charge in [-0.2, -0.15) is 0 Å². The molecule has 0 spiro atoms. The van der Waals surface area contributed by atoms with Crippen molar-refractivity contribution in [1.82, 2.24) is 0 Å². The predicted octanol–water partition coefficient (Wildman–Crippen LogP) is 9.39. The minimum atomic E-state index is 0.756. The van der Waals surface area contributed by atoms with Crippen molar-refractivity contribution in [3.63, 3.8) is 0 Å². The van der Waals surface area contributed by atoms with E-state index in [1.165, 1.54) is 38.9 Å². The smallest absolute Gasteiger partial charge is 0.0406 e. The zero-order valence-corrected chi connectivity index (χ0v) is 19.2. The van der Waals surface area contributed by atoms with Gasteiger partial charge >= 0.3 is 0 Å². The molecule has 33 heavy (non-hydrogen) atoms. The maximum atomic E-state index is 6.01. The van der Waals surface area contributed by atoms with Gasteiger partial charge in [-0.25, -0.2) is 0 Å². The first-order valence-electron chi connectivity index (χ1n) is 11.1. The topological polar surface area (TPSA) is 12.0 Å². The number of rotatable bonds is 5. The maximum Gasteiger partial charge on any atom is 0.0406 e. The van der Waals surface area contributed by atoms with E-state index in [0.29, 0.717) is 0 Å². The van der Waals surface area contributed by atoms with Crippen LogP contribution >= 0.6 is 11.6 Å². The molecule has 160 valence electrons. The first-order chi connectivity index (χ1) is 16.2. The Hall–Kier alpha value is -3.81. The van der Waals surface area contributed by atoms with E-state index in [2.05, 4.69) is 115 Å². The highest BCUT2D eigenvalue weighted by Gasteiger charge is 2.06. The van der Waals surface area contributed by atoms with Crippen molar-refractivity contribution in [3.8, 4) is 33.4 Å². The molecule has 0 heterocycles. The maximum absolute atomic E-state index is 6.01. The van der Waals surface area contributed by atoms with Crippen LogP contribution in [0, 0.1) is 6.92 Å². The average Bonchev–Trinajstić information content (AvgIpc) is 2.86. The molecule has 0 unspecified atom stereocenters. The van der Waals surface area contributed by atoms with Gasteiger partial charge in [0.15, 0.2) is 0 Å². The van der Waals surface area contributed by atoms with Gasteiger partial charge < -0.3 is 5.32 Å². The number of anilines is 2. The fourth-order valence-electron chi connectivity index (χ4n) is 4.09. The normalized spacial score (nSPS) is 10.7. The fraction of sp³-hybridized carbons (Fsp3) is 0.0323. The van der Waals surface area contributed by atoms with Gasteiger partial charge in [-0.3, -0.25) is 0 Å². The zero-order chi connectivity index (χ0) is 22.6. The molecule has 1 N–H and O–H groups in total. The standard InChI is InChI=1S/C31H24ClN/c1-22-21-30(33-29-17-13-26(14-18-29)23-5-3-2-4-6-23)19-20-31(22)27-9-7-24(8-10-27)25-11-15-28(32)16-12-25/h2-21,33H,1H3. The summed E-state index contributed by atoms with van der Waals surface area (Å²) in [7, 11) is 0. The summed E-state index contributed by atoms with van der Waals surface area (Å²) in [5, 5.41) is 4.28. The molecule has 0 fully saturated rings. The second-order valence-corrected chi connectivity index (χ2v) is 8.62. The second kappa shape index (κ2) is 9.36. The van der Waals surface area contributed by atoms with E-state index in [4.69, 9.17) is 11.6 Å². The van der Waals surface area contributed by atoms with E-state index in [9.17, 15) is 0 Å². The van der Waals surface area contributed by atoms with Gasteiger partial charge in [0.25, 0.3) is 0 Å². The van der Waals surface area contributed by atoms with Crippen molar-refractivity contribution in [3.05, 3.63) is 132 Å². The molecule has 2 heteroatoms. The number of halogens is 1. The van der Waals surface area contributed by atoms with Gasteiger partial charge in [0.05, 0.1) is 0 Å². The lowest BCUT2D eigenvalue weighted by atomic mass is 9.97. The molecule has 0 aromatic heterocycles. The largest absolute Gasteiger partial charge is 0.356 e. The summed E-state index contributed by atoms with van der Waals surface area (Å²) in [5.41, 5.74) is 10.6. The molecule has 0 radical (unpaired) electrons. The highest BCUT2D eigenvalue weighted by molar-refractivity contribution is 6.30. The zero-order valence-electron chi connectivity index (χ0n) is 18.4. The summed E-state index contributed by atoms with van der Waals surface area (Å²) in [5.74, 6) is 0. The number of aryl methyl sites for hydroxylation is 1. The fourth-order valence-corrected chi connectivity index (χ4v) is 4.22. The van der Waals surface area contributed by atoms with Crippen LogP contribution in [0.15, 0.2) is 121 Å². The molecule has 1 nitrogen and oxygen atoms in total. The van der Waals surface area contributed by atoms with Gasteiger partial charge in [0.1, 0.15) is 0 Å². The Bertz CT molecular complexity index is 1350. The van der Waals surface area contributed by atoms with E-state index in [1.807, 2.05) is 18.2 Å². The molecule has 0 bridgehead atoms. The summed E-state index contributed by atoms with van der Waals surface area (Å²) in [6, 6.07) is 42.2. The van der Waals surface area contributed by atoms with E-state index >= 15 is 0 Å². The molecule has 0 saturated carbocycles. The van der Waals surface area contributed by atoms with Crippen LogP contribution < -0.4 is 5.32 Å². The lowest BCUT2D eigenvalue weighted by molar-refractivity contribution is 1.44. The van der Waals surface area contributed by atoms with Crippen LogP contribution in [-0.4, -0.2) is 0 Å². The number of nitrogens with one attached hydrogen (secondary N) is 1. The first-order valence-corrected chi connectivity index (χ1v) is 11.4.